The van der Waals surface area contributed by atoms with Crippen molar-refractivity contribution < 1.29 is 34.7 Å². The smallest absolute Gasteiger partial charge is 0.164 e. The van der Waals surface area contributed by atoms with E-state index < -0.39 is 45.6 Å². The first kappa shape index (κ1) is 27.7. The van der Waals surface area contributed by atoms with Crippen LogP contribution in [-0.2, 0) is 14.3 Å². The van der Waals surface area contributed by atoms with E-state index >= 15 is 0 Å². The minimum atomic E-state index is -1.15. The van der Waals surface area contributed by atoms with Gasteiger partial charge in [0.05, 0.1) is 35.1 Å². The highest BCUT2D eigenvalue weighted by molar-refractivity contribution is 5.95. The lowest BCUT2D eigenvalue weighted by Crippen LogP contribution is -2.62. The van der Waals surface area contributed by atoms with E-state index in [4.69, 9.17) is 9.47 Å². The van der Waals surface area contributed by atoms with Crippen LogP contribution >= 0.6 is 0 Å². The highest BCUT2D eigenvalue weighted by Gasteiger charge is 2.71. The van der Waals surface area contributed by atoms with Crippen LogP contribution < -0.4 is 0 Å². The third-order valence-corrected chi connectivity index (χ3v) is 11.4. The zero-order valence-corrected chi connectivity index (χ0v) is 23.7. The van der Waals surface area contributed by atoms with Crippen LogP contribution in [0.3, 0.4) is 0 Å². The molecule has 5 aliphatic rings. The summed E-state index contributed by atoms with van der Waals surface area (Å²) >= 11 is 0. The summed E-state index contributed by atoms with van der Waals surface area (Å²) in [6.07, 6.45) is 4.51. The number of carbonyl (C=O) groups excluding carboxylic acids is 1. The highest BCUT2D eigenvalue weighted by Crippen LogP contribution is 2.69. The highest BCUT2D eigenvalue weighted by atomic mass is 16.8. The molecule has 37 heavy (non-hydrogen) atoms. The molecule has 0 aromatic rings. The first-order valence-corrected chi connectivity index (χ1v) is 14.3. The van der Waals surface area contributed by atoms with Gasteiger partial charge in [0, 0.05) is 11.3 Å². The topological polar surface area (TPSA) is 116 Å². The van der Waals surface area contributed by atoms with Crippen molar-refractivity contribution in [3.8, 4) is 0 Å². The molecular weight excluding hydrogens is 472 g/mol. The second-order valence-electron chi connectivity index (χ2n) is 14.7. The van der Waals surface area contributed by atoms with E-state index in [-0.39, 0.29) is 36.1 Å². The fourth-order valence-corrected chi connectivity index (χ4v) is 9.49. The number of hydrogen-bond donors (Lipinski definition) is 4. The van der Waals surface area contributed by atoms with Gasteiger partial charge in [-0.05, 0) is 115 Å². The van der Waals surface area contributed by atoms with E-state index in [0.29, 0.717) is 25.7 Å². The molecule has 0 unspecified atom stereocenters. The molecule has 0 amide bonds. The molecule has 0 aromatic carbocycles. The van der Waals surface area contributed by atoms with E-state index in [2.05, 4.69) is 20.8 Å². The summed E-state index contributed by atoms with van der Waals surface area (Å²) in [5.74, 6) is -1.14. The maximum Gasteiger partial charge on any atom is 0.164 e. The fraction of sp³-hybridized carbons (Fsp3) is 0.900. The van der Waals surface area contributed by atoms with E-state index in [1.165, 1.54) is 0 Å². The van der Waals surface area contributed by atoms with Crippen molar-refractivity contribution in [1.82, 2.24) is 0 Å². The van der Waals surface area contributed by atoms with Gasteiger partial charge in [-0.3, -0.25) is 4.79 Å². The van der Waals surface area contributed by atoms with Crippen molar-refractivity contribution >= 4 is 5.78 Å². The predicted molar refractivity (Wildman–Crippen MR) is 138 cm³/mol. The van der Waals surface area contributed by atoms with Crippen molar-refractivity contribution in [2.24, 2.45) is 28.6 Å². The van der Waals surface area contributed by atoms with E-state index in [1.807, 2.05) is 27.7 Å². The molecule has 1 saturated heterocycles. The van der Waals surface area contributed by atoms with E-state index in [1.54, 1.807) is 6.08 Å². The van der Waals surface area contributed by atoms with Crippen LogP contribution in [0.25, 0.3) is 0 Å². The largest absolute Gasteiger partial charge is 0.390 e. The maximum atomic E-state index is 13.4. The van der Waals surface area contributed by atoms with Gasteiger partial charge in [-0.25, -0.2) is 0 Å². The summed E-state index contributed by atoms with van der Waals surface area (Å²) in [4.78, 5) is 13.4. The number of ketones is 1. The minimum Gasteiger partial charge on any atom is -0.390 e. The van der Waals surface area contributed by atoms with Crippen molar-refractivity contribution in [2.45, 2.75) is 141 Å². The Hall–Kier alpha value is -0.830. The molecule has 7 nitrogen and oxygen atoms in total. The molecule has 3 saturated carbocycles. The summed E-state index contributed by atoms with van der Waals surface area (Å²) in [7, 11) is 0. The van der Waals surface area contributed by atoms with Gasteiger partial charge in [0.2, 0.25) is 0 Å². The van der Waals surface area contributed by atoms with Crippen molar-refractivity contribution in [3.63, 3.8) is 0 Å². The second kappa shape index (κ2) is 8.34. The number of fused-ring (bicyclic) bond motifs is 5. The summed E-state index contributed by atoms with van der Waals surface area (Å²) < 4.78 is 13.1. The van der Waals surface area contributed by atoms with Gasteiger partial charge in [0.15, 0.2) is 11.6 Å². The Morgan fingerprint density at radius 2 is 1.70 bits per heavy atom. The molecule has 0 aromatic heterocycles. The number of ether oxygens (including phenoxy) is 2. The van der Waals surface area contributed by atoms with Crippen LogP contribution in [0.2, 0.25) is 0 Å². The summed E-state index contributed by atoms with van der Waals surface area (Å²) in [6, 6.07) is 0. The first-order chi connectivity index (χ1) is 16.9. The van der Waals surface area contributed by atoms with Crippen molar-refractivity contribution in [2.75, 3.05) is 0 Å². The van der Waals surface area contributed by atoms with Gasteiger partial charge in [-0.1, -0.05) is 13.8 Å². The van der Waals surface area contributed by atoms with E-state index in [0.717, 1.165) is 24.8 Å². The Balaban J connectivity index is 1.51. The van der Waals surface area contributed by atoms with E-state index in [9.17, 15) is 25.2 Å². The molecule has 5 rings (SSSR count). The average Bonchev–Trinajstić information content (AvgIpc) is 3.17. The molecule has 10 atom stereocenters. The summed E-state index contributed by atoms with van der Waals surface area (Å²) in [5.41, 5.74) is -2.79. The van der Waals surface area contributed by atoms with Crippen molar-refractivity contribution in [3.05, 3.63) is 11.6 Å². The number of aliphatic hydroxyl groups excluding tert-OH is 2. The maximum absolute atomic E-state index is 13.4. The van der Waals surface area contributed by atoms with Crippen LogP contribution in [0.1, 0.15) is 99.8 Å². The zero-order chi connectivity index (χ0) is 27.4. The Morgan fingerprint density at radius 3 is 2.35 bits per heavy atom. The molecule has 210 valence electrons. The molecule has 4 fully saturated rings. The summed E-state index contributed by atoms with van der Waals surface area (Å²) in [6.45, 7) is 13.8. The molecule has 4 aliphatic carbocycles. The van der Waals surface area contributed by atoms with Crippen LogP contribution in [0.4, 0.5) is 0 Å². The monoisotopic (exact) mass is 520 g/mol. The molecule has 0 spiro atoms. The lowest BCUT2D eigenvalue weighted by Gasteiger charge is -2.60. The van der Waals surface area contributed by atoms with Crippen LogP contribution in [0, 0.1) is 28.6 Å². The quantitative estimate of drug-likeness (QED) is 0.447. The molecule has 4 N–H and O–H groups in total. The van der Waals surface area contributed by atoms with Crippen LogP contribution in [0.15, 0.2) is 11.6 Å². The van der Waals surface area contributed by atoms with Gasteiger partial charge in [-0.2, -0.15) is 0 Å². The molecule has 7 heteroatoms. The van der Waals surface area contributed by atoms with Crippen molar-refractivity contribution in [1.29, 1.82) is 0 Å². The number of allylic oxidation sites excluding steroid dienone is 1. The van der Waals surface area contributed by atoms with Gasteiger partial charge in [-0.15, -0.1) is 0 Å². The Bertz CT molecular complexity index is 983. The Morgan fingerprint density at radius 1 is 1.03 bits per heavy atom. The predicted octanol–water partition coefficient (Wildman–Crippen LogP) is 3.65. The number of rotatable bonds is 4. The molecule has 1 heterocycles. The standard InChI is InChI=1S/C30H48O7/c1-25(2,34)11-10-24-29(7,37-26(3,4)36-24)23-9-13-30(35)18-14-20(31)19-15-21(32)22(33)16-27(19,5)17(18)8-12-28(23,30)6/h14,17,19,21-24,32-35H,8-13,15-16H2,1-7H3/t17-,19-,21-,22+,23-,24-,27-,28-,29-,30-/m1/s1. The van der Waals surface area contributed by atoms with Crippen LogP contribution in [-0.4, -0.2) is 67.1 Å². The van der Waals surface area contributed by atoms with Crippen LogP contribution in [0.5, 0.6) is 0 Å². The van der Waals surface area contributed by atoms with Gasteiger partial charge < -0.3 is 29.9 Å². The number of aliphatic hydroxyl groups is 4. The Kier molecular flexibility index (Phi) is 6.25. The van der Waals surface area contributed by atoms with Gasteiger partial charge in [0.1, 0.15) is 0 Å². The molecule has 1 aliphatic heterocycles. The first-order valence-electron chi connectivity index (χ1n) is 14.3. The lowest BCUT2D eigenvalue weighted by molar-refractivity contribution is -0.191. The average molecular weight is 521 g/mol. The third kappa shape index (κ3) is 4.02. The lowest BCUT2D eigenvalue weighted by atomic mass is 9.45. The van der Waals surface area contributed by atoms with Gasteiger partial charge >= 0.3 is 0 Å². The minimum absolute atomic E-state index is 0.000157. The fourth-order valence-electron chi connectivity index (χ4n) is 9.49. The number of carbonyl (C=O) groups is 1. The Labute approximate surface area is 221 Å². The molecule has 0 radical (unpaired) electrons. The molecular formula is C30H48O7. The normalized spacial score (nSPS) is 51.3. The van der Waals surface area contributed by atoms with Gasteiger partial charge in [0.25, 0.3) is 0 Å². The summed E-state index contributed by atoms with van der Waals surface area (Å²) in [5, 5.41) is 43.9. The number of hydrogen-bond acceptors (Lipinski definition) is 7. The third-order valence-electron chi connectivity index (χ3n) is 11.4. The zero-order valence-electron chi connectivity index (χ0n) is 23.7. The SMILES string of the molecule is CC(C)(O)CC[C@H]1OC(C)(C)O[C@]1(C)[C@@H]1CC[C@@]2(O)C3=CC(=O)[C@H]4C[C@@H](O)[C@@H](O)C[C@]4(C)[C@@H]3CC[C@]12C. The second-order valence-corrected chi connectivity index (χ2v) is 14.7. The molecule has 0 bridgehead atoms.